The molecule has 2 aromatic rings. The molecule has 0 saturated heterocycles. The summed E-state index contributed by atoms with van der Waals surface area (Å²) in [6, 6.07) is 11.0. The monoisotopic (exact) mass is 299 g/mol. The summed E-state index contributed by atoms with van der Waals surface area (Å²) in [6.07, 6.45) is 0.598. The van der Waals surface area contributed by atoms with Crippen molar-refractivity contribution in [2.75, 3.05) is 6.61 Å². The number of aromatic nitrogens is 1. The molecule has 1 heterocycles. The fourth-order valence-electron chi connectivity index (χ4n) is 2.26. The van der Waals surface area contributed by atoms with Crippen molar-refractivity contribution < 1.29 is 9.53 Å². The van der Waals surface area contributed by atoms with Crippen LogP contribution in [0.1, 0.15) is 31.1 Å². The maximum atomic E-state index is 12.2. The highest BCUT2D eigenvalue weighted by molar-refractivity contribution is 5.75. The molecule has 0 spiro atoms. The van der Waals surface area contributed by atoms with Crippen LogP contribution in [0, 0.1) is 5.92 Å². The first-order chi connectivity index (χ1) is 10.6. The van der Waals surface area contributed by atoms with Crippen molar-refractivity contribution in [1.82, 2.24) is 4.57 Å². The number of hydrogen-bond donors (Lipinski definition) is 0. The van der Waals surface area contributed by atoms with E-state index in [0.29, 0.717) is 25.4 Å². The molecule has 0 fully saturated rings. The molecule has 0 atom stereocenters. The number of carbonyl (C=O) groups is 1. The molecule has 0 saturated carbocycles. The zero-order valence-corrected chi connectivity index (χ0v) is 13.2. The first kappa shape index (κ1) is 16.0. The lowest BCUT2D eigenvalue weighted by Gasteiger charge is -2.14. The molecule has 0 radical (unpaired) electrons. The van der Waals surface area contributed by atoms with Crippen LogP contribution in [0.25, 0.3) is 11.3 Å². The zero-order chi connectivity index (χ0) is 16.1. The smallest absolute Gasteiger partial charge is 0.261 e. The van der Waals surface area contributed by atoms with Gasteiger partial charge in [-0.15, -0.1) is 0 Å². The van der Waals surface area contributed by atoms with Gasteiger partial charge in [0.25, 0.3) is 5.56 Å². The minimum Gasteiger partial charge on any atom is -0.493 e. The van der Waals surface area contributed by atoms with E-state index < -0.39 is 0 Å². The van der Waals surface area contributed by atoms with Crippen LogP contribution in [0.4, 0.5) is 0 Å². The summed E-state index contributed by atoms with van der Waals surface area (Å²) in [5.74, 6) is 1.23. The van der Waals surface area contributed by atoms with E-state index in [-0.39, 0.29) is 11.1 Å². The van der Waals surface area contributed by atoms with Crippen molar-refractivity contribution in [2.45, 2.75) is 27.3 Å². The van der Waals surface area contributed by atoms with Gasteiger partial charge in [-0.1, -0.05) is 26.0 Å². The molecule has 4 heteroatoms. The maximum Gasteiger partial charge on any atom is 0.261 e. The van der Waals surface area contributed by atoms with E-state index in [1.807, 2.05) is 31.2 Å². The SMILES string of the molecule is CCn1c(-c2cccc(OCC(C)C)c2)ccc(C=O)c1=O. The minimum atomic E-state index is -0.261. The Hall–Kier alpha value is -2.36. The fraction of sp³-hybridized carbons (Fsp3) is 0.333. The lowest BCUT2D eigenvalue weighted by Crippen LogP contribution is -2.24. The second-order valence-electron chi connectivity index (χ2n) is 5.57. The summed E-state index contributed by atoms with van der Waals surface area (Å²) in [6.45, 7) is 7.23. The number of pyridine rings is 1. The standard InChI is InChI=1S/C18H21NO3/c1-4-19-17(9-8-15(11-20)18(19)21)14-6-5-7-16(10-14)22-12-13(2)3/h5-11,13H,4,12H2,1-3H3. The first-order valence-electron chi connectivity index (χ1n) is 7.49. The number of hydrogen-bond acceptors (Lipinski definition) is 3. The third kappa shape index (κ3) is 3.45. The number of benzene rings is 1. The summed E-state index contributed by atoms with van der Waals surface area (Å²) >= 11 is 0. The van der Waals surface area contributed by atoms with Gasteiger partial charge in [-0.05, 0) is 37.1 Å². The van der Waals surface area contributed by atoms with Gasteiger partial charge in [-0.25, -0.2) is 0 Å². The van der Waals surface area contributed by atoms with Crippen LogP contribution in [0.2, 0.25) is 0 Å². The molecule has 116 valence electrons. The highest BCUT2D eigenvalue weighted by atomic mass is 16.5. The van der Waals surface area contributed by atoms with Gasteiger partial charge in [0.15, 0.2) is 6.29 Å². The molecular weight excluding hydrogens is 278 g/mol. The Morgan fingerprint density at radius 3 is 2.64 bits per heavy atom. The molecule has 1 aromatic carbocycles. The molecule has 0 aliphatic rings. The predicted molar refractivity (Wildman–Crippen MR) is 87.5 cm³/mol. The molecule has 4 nitrogen and oxygen atoms in total. The molecule has 0 amide bonds. The van der Waals surface area contributed by atoms with Crippen LogP contribution in [0.3, 0.4) is 0 Å². The van der Waals surface area contributed by atoms with Gasteiger partial charge < -0.3 is 9.30 Å². The molecule has 0 unspecified atom stereocenters. The highest BCUT2D eigenvalue weighted by Gasteiger charge is 2.09. The summed E-state index contributed by atoms with van der Waals surface area (Å²) in [4.78, 5) is 23.1. The topological polar surface area (TPSA) is 48.3 Å². The van der Waals surface area contributed by atoms with Gasteiger partial charge in [-0.3, -0.25) is 9.59 Å². The second kappa shape index (κ2) is 7.07. The summed E-state index contributed by atoms with van der Waals surface area (Å²) in [7, 11) is 0. The van der Waals surface area contributed by atoms with Crippen molar-refractivity contribution >= 4 is 6.29 Å². The molecule has 1 aromatic heterocycles. The highest BCUT2D eigenvalue weighted by Crippen LogP contribution is 2.23. The van der Waals surface area contributed by atoms with Crippen molar-refractivity contribution in [2.24, 2.45) is 5.92 Å². The van der Waals surface area contributed by atoms with Crippen LogP contribution in [0.15, 0.2) is 41.2 Å². The van der Waals surface area contributed by atoms with E-state index in [1.165, 1.54) is 0 Å². The largest absolute Gasteiger partial charge is 0.493 e. The molecular formula is C18H21NO3. The lowest BCUT2D eigenvalue weighted by molar-refractivity contribution is 0.112. The molecule has 0 aliphatic heterocycles. The number of rotatable bonds is 6. The maximum absolute atomic E-state index is 12.2. The van der Waals surface area contributed by atoms with E-state index in [0.717, 1.165) is 17.0 Å². The second-order valence-corrected chi connectivity index (χ2v) is 5.57. The summed E-state index contributed by atoms with van der Waals surface area (Å²) in [5, 5.41) is 0. The molecule has 2 rings (SSSR count). The van der Waals surface area contributed by atoms with Crippen LogP contribution in [-0.4, -0.2) is 17.5 Å². The average Bonchev–Trinajstić information content (AvgIpc) is 2.52. The zero-order valence-electron chi connectivity index (χ0n) is 13.2. The Morgan fingerprint density at radius 2 is 2.00 bits per heavy atom. The first-order valence-corrected chi connectivity index (χ1v) is 7.49. The van der Waals surface area contributed by atoms with Crippen molar-refractivity contribution in [3.05, 3.63) is 52.3 Å². The van der Waals surface area contributed by atoms with Gasteiger partial charge in [0.2, 0.25) is 0 Å². The van der Waals surface area contributed by atoms with Gasteiger partial charge >= 0.3 is 0 Å². The fourth-order valence-corrected chi connectivity index (χ4v) is 2.26. The van der Waals surface area contributed by atoms with Crippen molar-refractivity contribution in [1.29, 1.82) is 0 Å². The van der Waals surface area contributed by atoms with Gasteiger partial charge in [-0.2, -0.15) is 0 Å². The predicted octanol–water partition coefficient (Wildman–Crippen LogP) is 3.38. The van der Waals surface area contributed by atoms with Crippen LogP contribution in [-0.2, 0) is 6.54 Å². The third-order valence-corrected chi connectivity index (χ3v) is 3.36. The van der Waals surface area contributed by atoms with Gasteiger partial charge in [0.05, 0.1) is 17.9 Å². The van der Waals surface area contributed by atoms with Crippen LogP contribution in [0.5, 0.6) is 5.75 Å². The van der Waals surface area contributed by atoms with E-state index in [9.17, 15) is 9.59 Å². The normalized spacial score (nSPS) is 10.7. The average molecular weight is 299 g/mol. The van der Waals surface area contributed by atoms with Crippen LogP contribution < -0.4 is 10.3 Å². The van der Waals surface area contributed by atoms with E-state index in [4.69, 9.17) is 4.74 Å². The molecule has 22 heavy (non-hydrogen) atoms. The third-order valence-electron chi connectivity index (χ3n) is 3.36. The molecule has 0 N–H and O–H groups in total. The Labute approximate surface area is 130 Å². The number of carbonyl (C=O) groups excluding carboxylic acids is 1. The van der Waals surface area contributed by atoms with Crippen LogP contribution >= 0.6 is 0 Å². The minimum absolute atomic E-state index is 0.179. The van der Waals surface area contributed by atoms with E-state index in [1.54, 1.807) is 16.7 Å². The molecule has 0 bridgehead atoms. The van der Waals surface area contributed by atoms with E-state index >= 15 is 0 Å². The Morgan fingerprint density at radius 1 is 1.23 bits per heavy atom. The number of aldehydes is 1. The summed E-state index contributed by atoms with van der Waals surface area (Å²) in [5.41, 5.74) is 1.60. The summed E-state index contributed by atoms with van der Waals surface area (Å²) < 4.78 is 7.34. The van der Waals surface area contributed by atoms with Gasteiger partial charge in [0, 0.05) is 12.1 Å². The quantitative estimate of drug-likeness (QED) is 0.768. The van der Waals surface area contributed by atoms with Crippen molar-refractivity contribution in [3.63, 3.8) is 0 Å². The molecule has 0 aliphatic carbocycles. The van der Waals surface area contributed by atoms with Gasteiger partial charge in [0.1, 0.15) is 5.75 Å². The lowest BCUT2D eigenvalue weighted by atomic mass is 10.1. The number of nitrogens with zero attached hydrogens (tertiary/aromatic N) is 1. The van der Waals surface area contributed by atoms with E-state index in [2.05, 4.69) is 13.8 Å². The van der Waals surface area contributed by atoms with Crippen molar-refractivity contribution in [3.8, 4) is 17.0 Å². The Bertz CT molecular complexity index is 717. The number of ether oxygens (including phenoxy) is 1. The Balaban J connectivity index is 2.44. The Kier molecular flexibility index (Phi) is 5.15.